The first-order valence-corrected chi connectivity index (χ1v) is 16.1. The summed E-state index contributed by atoms with van der Waals surface area (Å²) >= 11 is 5.67. The van der Waals surface area contributed by atoms with Gasteiger partial charge in [0.2, 0.25) is 0 Å². The molecule has 7 aromatic carbocycles. The van der Waals surface area contributed by atoms with Gasteiger partial charge in [-0.05, 0) is 75.5 Å². The van der Waals surface area contributed by atoms with Crippen molar-refractivity contribution in [1.82, 2.24) is 4.57 Å². The van der Waals surface area contributed by atoms with E-state index in [1.165, 1.54) is 80.7 Å². The molecule has 0 amide bonds. The van der Waals surface area contributed by atoms with Crippen molar-refractivity contribution < 1.29 is 0 Å². The Kier molecular flexibility index (Phi) is 5.59. The topological polar surface area (TPSA) is 4.93 Å². The molecule has 0 bridgehead atoms. The van der Waals surface area contributed by atoms with E-state index in [0.29, 0.717) is 0 Å². The van der Waals surface area contributed by atoms with Crippen LogP contribution in [0.4, 0.5) is 0 Å². The second kappa shape index (κ2) is 9.67. The Morgan fingerprint density at radius 2 is 1.16 bits per heavy atom. The van der Waals surface area contributed by atoms with Crippen LogP contribution in [-0.2, 0) is 0 Å². The van der Waals surface area contributed by atoms with Crippen molar-refractivity contribution in [2.45, 2.75) is 0 Å². The SMILES string of the molecule is Brc1ccccc1-c1ccccc1-c1ccc2c3ccccc3n(-c3ccc4sc5ccc6ccccc6c5c4c3)c2c1. The minimum Gasteiger partial charge on any atom is -0.309 e. The fourth-order valence-electron chi connectivity index (χ4n) is 6.74. The van der Waals surface area contributed by atoms with Gasteiger partial charge in [-0.2, -0.15) is 0 Å². The zero-order valence-corrected chi connectivity index (χ0v) is 25.5. The van der Waals surface area contributed by atoms with E-state index in [1.807, 2.05) is 11.3 Å². The molecule has 0 aliphatic rings. The van der Waals surface area contributed by atoms with Crippen LogP contribution in [0.2, 0.25) is 0 Å². The highest BCUT2D eigenvalue weighted by Gasteiger charge is 2.17. The normalized spacial score (nSPS) is 11.8. The standard InChI is InChI=1S/C40H24BrNS/c41-35-15-7-5-13-31(35)30-12-4-3-10-28(30)26-17-20-33-32-14-6-8-16-36(32)42(37(33)23-26)27-19-22-38-34(24-27)40-29-11-2-1-9-25(29)18-21-39(40)43-38/h1-24H. The van der Waals surface area contributed by atoms with Gasteiger partial charge in [0.1, 0.15) is 0 Å². The highest BCUT2D eigenvalue weighted by Crippen LogP contribution is 2.42. The third-order valence-electron chi connectivity index (χ3n) is 8.68. The minimum atomic E-state index is 1.10. The highest BCUT2D eigenvalue weighted by molar-refractivity contribution is 9.10. The summed E-state index contributed by atoms with van der Waals surface area (Å²) in [6.45, 7) is 0. The van der Waals surface area contributed by atoms with Crippen LogP contribution in [0.25, 0.3) is 80.7 Å². The molecule has 2 heterocycles. The lowest BCUT2D eigenvalue weighted by molar-refractivity contribution is 1.19. The van der Waals surface area contributed by atoms with Crippen LogP contribution in [-0.4, -0.2) is 4.57 Å². The third-order valence-corrected chi connectivity index (χ3v) is 10.5. The number of aromatic nitrogens is 1. The van der Waals surface area contributed by atoms with Crippen molar-refractivity contribution in [1.29, 1.82) is 0 Å². The molecule has 0 atom stereocenters. The quantitative estimate of drug-likeness (QED) is 0.183. The molecule has 0 radical (unpaired) electrons. The van der Waals surface area contributed by atoms with E-state index in [2.05, 4.69) is 166 Å². The number of fused-ring (bicyclic) bond motifs is 8. The number of rotatable bonds is 3. The molecule has 0 N–H and O–H groups in total. The lowest BCUT2D eigenvalue weighted by Gasteiger charge is -2.13. The van der Waals surface area contributed by atoms with Gasteiger partial charge in [0, 0.05) is 41.1 Å². The first-order valence-electron chi connectivity index (χ1n) is 14.5. The Morgan fingerprint density at radius 3 is 2.05 bits per heavy atom. The smallest absolute Gasteiger partial charge is 0.0547 e. The molecule has 1 nitrogen and oxygen atoms in total. The number of hydrogen-bond acceptors (Lipinski definition) is 1. The van der Waals surface area contributed by atoms with E-state index in [-0.39, 0.29) is 0 Å². The van der Waals surface area contributed by atoms with Crippen LogP contribution in [0.15, 0.2) is 150 Å². The molecule has 202 valence electrons. The fourth-order valence-corrected chi connectivity index (χ4v) is 8.34. The Balaban J connectivity index is 1.32. The molecule has 9 rings (SSSR count). The van der Waals surface area contributed by atoms with Gasteiger partial charge in [-0.3, -0.25) is 0 Å². The first kappa shape index (κ1) is 24.9. The van der Waals surface area contributed by atoms with Crippen molar-refractivity contribution >= 4 is 80.0 Å². The van der Waals surface area contributed by atoms with Gasteiger partial charge in [-0.15, -0.1) is 11.3 Å². The van der Waals surface area contributed by atoms with Gasteiger partial charge in [0.05, 0.1) is 11.0 Å². The van der Waals surface area contributed by atoms with E-state index >= 15 is 0 Å². The molecule has 9 aromatic rings. The maximum atomic E-state index is 3.79. The van der Waals surface area contributed by atoms with Crippen molar-refractivity contribution in [3.63, 3.8) is 0 Å². The average Bonchev–Trinajstić information content (AvgIpc) is 3.60. The summed E-state index contributed by atoms with van der Waals surface area (Å²) in [5, 5.41) is 7.80. The Bertz CT molecular complexity index is 2530. The average molecular weight is 631 g/mol. The summed E-state index contributed by atoms with van der Waals surface area (Å²) in [5.41, 5.74) is 8.45. The van der Waals surface area contributed by atoms with Crippen LogP contribution in [0.3, 0.4) is 0 Å². The van der Waals surface area contributed by atoms with Crippen molar-refractivity contribution in [3.8, 4) is 27.9 Å². The molecular weight excluding hydrogens is 606 g/mol. The van der Waals surface area contributed by atoms with Gasteiger partial charge in [-0.25, -0.2) is 0 Å². The monoisotopic (exact) mass is 629 g/mol. The number of thiophene rings is 1. The summed E-state index contributed by atoms with van der Waals surface area (Å²) in [6.07, 6.45) is 0. The van der Waals surface area contributed by atoms with Gasteiger partial charge < -0.3 is 4.57 Å². The van der Waals surface area contributed by atoms with Crippen molar-refractivity contribution in [2.75, 3.05) is 0 Å². The Morgan fingerprint density at radius 1 is 0.465 bits per heavy atom. The summed E-state index contributed by atoms with van der Waals surface area (Å²) in [7, 11) is 0. The minimum absolute atomic E-state index is 1.10. The number of benzene rings is 7. The summed E-state index contributed by atoms with van der Waals surface area (Å²) in [5.74, 6) is 0. The Labute approximate surface area is 261 Å². The van der Waals surface area contributed by atoms with Crippen LogP contribution >= 0.6 is 27.3 Å². The maximum absolute atomic E-state index is 3.79. The van der Waals surface area contributed by atoms with Crippen LogP contribution in [0, 0.1) is 0 Å². The van der Waals surface area contributed by atoms with Crippen LogP contribution < -0.4 is 0 Å². The largest absolute Gasteiger partial charge is 0.309 e. The van der Waals surface area contributed by atoms with Crippen LogP contribution in [0.1, 0.15) is 0 Å². The Hall–Kier alpha value is -4.70. The number of nitrogens with zero attached hydrogens (tertiary/aromatic N) is 1. The lowest BCUT2D eigenvalue weighted by Crippen LogP contribution is -1.94. The zero-order valence-electron chi connectivity index (χ0n) is 23.1. The van der Waals surface area contributed by atoms with Gasteiger partial charge >= 0.3 is 0 Å². The number of halogens is 1. The van der Waals surface area contributed by atoms with E-state index in [1.54, 1.807) is 0 Å². The molecule has 0 unspecified atom stereocenters. The lowest BCUT2D eigenvalue weighted by atomic mass is 9.94. The molecule has 0 saturated carbocycles. The zero-order chi connectivity index (χ0) is 28.5. The van der Waals surface area contributed by atoms with Gasteiger partial charge in [0.25, 0.3) is 0 Å². The van der Waals surface area contributed by atoms with E-state index < -0.39 is 0 Å². The predicted octanol–water partition coefficient (Wildman–Crippen LogP) is 12.4. The third kappa shape index (κ3) is 3.82. The van der Waals surface area contributed by atoms with Crippen molar-refractivity contribution in [2.24, 2.45) is 0 Å². The van der Waals surface area contributed by atoms with Gasteiger partial charge in [0.15, 0.2) is 0 Å². The maximum Gasteiger partial charge on any atom is 0.0547 e. The molecular formula is C40H24BrNS. The molecule has 43 heavy (non-hydrogen) atoms. The number of para-hydroxylation sites is 1. The summed E-state index contributed by atoms with van der Waals surface area (Å²) < 4.78 is 6.20. The predicted molar refractivity (Wildman–Crippen MR) is 190 cm³/mol. The fraction of sp³-hybridized carbons (Fsp3) is 0. The first-order chi connectivity index (χ1) is 21.2. The van der Waals surface area contributed by atoms with E-state index in [9.17, 15) is 0 Å². The van der Waals surface area contributed by atoms with Crippen LogP contribution in [0.5, 0.6) is 0 Å². The molecule has 3 heteroatoms. The second-order valence-electron chi connectivity index (χ2n) is 11.1. The summed E-state index contributed by atoms with van der Waals surface area (Å²) in [6, 6.07) is 53.1. The summed E-state index contributed by atoms with van der Waals surface area (Å²) in [4.78, 5) is 0. The molecule has 0 saturated heterocycles. The second-order valence-corrected chi connectivity index (χ2v) is 13.0. The molecule has 0 fully saturated rings. The molecule has 0 aliphatic carbocycles. The molecule has 2 aromatic heterocycles. The molecule has 0 spiro atoms. The van der Waals surface area contributed by atoms with E-state index in [0.717, 1.165) is 4.47 Å². The number of hydrogen-bond donors (Lipinski definition) is 0. The van der Waals surface area contributed by atoms with Crippen molar-refractivity contribution in [3.05, 3.63) is 150 Å². The van der Waals surface area contributed by atoms with Gasteiger partial charge in [-0.1, -0.05) is 119 Å². The van der Waals surface area contributed by atoms with E-state index in [4.69, 9.17) is 0 Å². The highest BCUT2D eigenvalue weighted by atomic mass is 79.9. The molecule has 0 aliphatic heterocycles.